The predicted octanol–water partition coefficient (Wildman–Crippen LogP) is 3.78. The quantitative estimate of drug-likeness (QED) is 0.554. The largest absolute Gasteiger partial charge is 0.301 e. The number of fused-ring (bicyclic) bond motifs is 2. The summed E-state index contributed by atoms with van der Waals surface area (Å²) in [5, 5.41) is 0. The molecule has 0 amide bonds. The third kappa shape index (κ3) is 2.93. The lowest BCUT2D eigenvalue weighted by molar-refractivity contribution is -0.117. The molecule has 0 aliphatic heterocycles. The summed E-state index contributed by atoms with van der Waals surface area (Å²) in [6.07, 6.45) is 2.46. The Kier molecular flexibility index (Phi) is 3.90. The maximum atomic E-state index is 12.4. The van der Waals surface area contributed by atoms with Gasteiger partial charge in [-0.2, -0.15) is 0 Å². The molecule has 4 aromatic rings. The highest BCUT2D eigenvalue weighted by Gasteiger charge is 2.18. The molecule has 0 radical (unpaired) electrons. The highest BCUT2D eigenvalue weighted by Crippen LogP contribution is 2.27. The molecule has 28 heavy (non-hydrogen) atoms. The van der Waals surface area contributed by atoms with Gasteiger partial charge in [-0.15, -0.1) is 0 Å². The van der Waals surface area contributed by atoms with Gasteiger partial charge in [-0.25, -0.2) is 4.98 Å². The minimum Gasteiger partial charge on any atom is -0.301 e. The second-order valence-corrected chi connectivity index (χ2v) is 7.25. The Bertz CT molecular complexity index is 1290. The van der Waals surface area contributed by atoms with E-state index in [1.54, 1.807) is 4.57 Å². The number of rotatable bonds is 3. The number of hydrogen-bond acceptors (Lipinski definition) is 3. The number of ketones is 1. The number of benzene rings is 3. The van der Waals surface area contributed by atoms with Gasteiger partial charge in [0.05, 0.1) is 23.8 Å². The molecule has 1 aliphatic rings. The summed E-state index contributed by atoms with van der Waals surface area (Å²) in [5.41, 5.74) is 7.03. The molecule has 3 aromatic carbocycles. The van der Waals surface area contributed by atoms with Crippen LogP contribution in [0, 0.1) is 0 Å². The lowest BCUT2D eigenvalue weighted by Crippen LogP contribution is -2.21. The first-order valence-electron chi connectivity index (χ1n) is 9.35. The van der Waals surface area contributed by atoms with Crippen molar-refractivity contribution in [3.8, 4) is 11.1 Å². The highest BCUT2D eigenvalue weighted by molar-refractivity contribution is 5.88. The van der Waals surface area contributed by atoms with Crippen LogP contribution in [0.5, 0.6) is 0 Å². The minimum atomic E-state index is -0.111. The van der Waals surface area contributed by atoms with Crippen molar-refractivity contribution in [2.45, 2.75) is 19.4 Å². The molecule has 1 heterocycles. The molecule has 0 N–H and O–H groups in total. The number of aromatic nitrogens is 2. The molecule has 0 atom stereocenters. The number of carbonyl (C=O) groups is 1. The van der Waals surface area contributed by atoms with E-state index in [4.69, 9.17) is 0 Å². The summed E-state index contributed by atoms with van der Waals surface area (Å²) in [6.45, 7) is 0.485. The van der Waals surface area contributed by atoms with Crippen LogP contribution in [-0.2, 0) is 24.2 Å². The molecule has 0 fully saturated rings. The summed E-state index contributed by atoms with van der Waals surface area (Å²) >= 11 is 0. The van der Waals surface area contributed by atoms with Gasteiger partial charge in [-0.3, -0.25) is 9.59 Å². The van der Waals surface area contributed by atoms with E-state index < -0.39 is 0 Å². The zero-order valence-electron chi connectivity index (χ0n) is 15.3. The molecule has 1 aromatic heterocycles. The van der Waals surface area contributed by atoms with Crippen LogP contribution >= 0.6 is 0 Å². The standard InChI is InChI=1S/C24H18N2O2/c27-21-12-19-9-8-18(11-20(19)13-21)17-5-3-4-16(10-17)15-26-23-7-2-1-6-22(23)25-14-24(26)28/h1-11,14H,12-13,15H2. The van der Waals surface area contributed by atoms with Gasteiger partial charge in [0, 0.05) is 12.8 Å². The van der Waals surface area contributed by atoms with Crippen molar-refractivity contribution >= 4 is 16.8 Å². The van der Waals surface area contributed by atoms with Crippen LogP contribution in [0.25, 0.3) is 22.2 Å². The van der Waals surface area contributed by atoms with Gasteiger partial charge < -0.3 is 4.57 Å². The molecule has 0 unspecified atom stereocenters. The number of Topliss-reactive ketones (excluding diaryl/α,β-unsaturated/α-hetero) is 1. The second kappa shape index (κ2) is 6.57. The van der Waals surface area contributed by atoms with E-state index in [0.717, 1.165) is 38.9 Å². The lowest BCUT2D eigenvalue weighted by atomic mass is 9.99. The fourth-order valence-electron chi connectivity index (χ4n) is 3.94. The fraction of sp³-hybridized carbons (Fsp3) is 0.125. The zero-order chi connectivity index (χ0) is 19.1. The van der Waals surface area contributed by atoms with Crippen molar-refractivity contribution in [2.75, 3.05) is 0 Å². The van der Waals surface area contributed by atoms with Crippen LogP contribution in [0.15, 0.2) is 77.7 Å². The van der Waals surface area contributed by atoms with Gasteiger partial charge in [0.15, 0.2) is 0 Å². The number of carbonyl (C=O) groups excluding carboxylic acids is 1. The Hall–Kier alpha value is -3.53. The molecule has 136 valence electrons. The Morgan fingerprint density at radius 1 is 0.821 bits per heavy atom. The van der Waals surface area contributed by atoms with Crippen LogP contribution in [0.4, 0.5) is 0 Å². The molecule has 0 saturated carbocycles. The van der Waals surface area contributed by atoms with E-state index in [1.807, 2.05) is 36.4 Å². The highest BCUT2D eigenvalue weighted by atomic mass is 16.1. The number of para-hydroxylation sites is 2. The van der Waals surface area contributed by atoms with Gasteiger partial charge >= 0.3 is 0 Å². The van der Waals surface area contributed by atoms with Crippen LogP contribution in [-0.4, -0.2) is 15.3 Å². The van der Waals surface area contributed by atoms with Crippen molar-refractivity contribution < 1.29 is 4.79 Å². The van der Waals surface area contributed by atoms with Crippen molar-refractivity contribution in [2.24, 2.45) is 0 Å². The molecule has 4 nitrogen and oxygen atoms in total. The van der Waals surface area contributed by atoms with E-state index in [2.05, 4.69) is 35.3 Å². The van der Waals surface area contributed by atoms with Gasteiger partial charge in [0.2, 0.25) is 0 Å². The third-order valence-corrected chi connectivity index (χ3v) is 5.34. The van der Waals surface area contributed by atoms with Crippen molar-refractivity contribution in [3.63, 3.8) is 0 Å². The Morgan fingerprint density at radius 2 is 1.64 bits per heavy atom. The second-order valence-electron chi connectivity index (χ2n) is 7.25. The molecule has 1 aliphatic carbocycles. The molecule has 4 heteroatoms. The molecular formula is C24H18N2O2. The normalized spacial score (nSPS) is 13.1. The van der Waals surface area contributed by atoms with Gasteiger partial charge in [-0.1, -0.05) is 48.5 Å². The van der Waals surface area contributed by atoms with Crippen LogP contribution in [0.3, 0.4) is 0 Å². The van der Waals surface area contributed by atoms with Crippen molar-refractivity contribution in [3.05, 3.63) is 100.0 Å². The van der Waals surface area contributed by atoms with Crippen LogP contribution in [0.2, 0.25) is 0 Å². The molecule has 5 rings (SSSR count). The maximum absolute atomic E-state index is 12.4. The lowest BCUT2D eigenvalue weighted by Gasteiger charge is -2.11. The summed E-state index contributed by atoms with van der Waals surface area (Å²) < 4.78 is 1.75. The summed E-state index contributed by atoms with van der Waals surface area (Å²) in [5.74, 6) is 0.282. The van der Waals surface area contributed by atoms with Crippen molar-refractivity contribution in [1.82, 2.24) is 9.55 Å². The fourth-order valence-corrected chi connectivity index (χ4v) is 3.94. The summed E-state index contributed by atoms with van der Waals surface area (Å²) in [7, 11) is 0. The van der Waals surface area contributed by atoms with E-state index >= 15 is 0 Å². The summed E-state index contributed by atoms with van der Waals surface area (Å²) in [6, 6.07) is 22.1. The Morgan fingerprint density at radius 3 is 2.57 bits per heavy atom. The van der Waals surface area contributed by atoms with Gasteiger partial charge in [-0.05, 0) is 46.0 Å². The molecule has 0 saturated heterocycles. The average Bonchev–Trinajstić information content (AvgIpc) is 3.09. The monoisotopic (exact) mass is 366 g/mol. The summed E-state index contributed by atoms with van der Waals surface area (Å²) in [4.78, 5) is 28.4. The Balaban J connectivity index is 1.53. The first kappa shape index (κ1) is 16.6. The van der Waals surface area contributed by atoms with E-state index in [0.29, 0.717) is 19.4 Å². The predicted molar refractivity (Wildman–Crippen MR) is 109 cm³/mol. The first-order valence-corrected chi connectivity index (χ1v) is 9.35. The van der Waals surface area contributed by atoms with Crippen molar-refractivity contribution in [1.29, 1.82) is 0 Å². The third-order valence-electron chi connectivity index (χ3n) is 5.34. The average molecular weight is 366 g/mol. The zero-order valence-corrected chi connectivity index (χ0v) is 15.3. The topological polar surface area (TPSA) is 52.0 Å². The van der Waals surface area contributed by atoms with Crippen LogP contribution < -0.4 is 5.56 Å². The Labute approximate surface area is 162 Å². The van der Waals surface area contributed by atoms with Gasteiger partial charge in [0.25, 0.3) is 5.56 Å². The van der Waals surface area contributed by atoms with E-state index in [9.17, 15) is 9.59 Å². The van der Waals surface area contributed by atoms with Gasteiger partial charge in [0.1, 0.15) is 5.78 Å². The smallest absolute Gasteiger partial charge is 0.269 e. The SMILES string of the molecule is O=C1Cc2ccc(-c3cccc(Cn4c(=O)cnc5ccccc54)c3)cc2C1. The van der Waals surface area contributed by atoms with E-state index in [1.165, 1.54) is 6.20 Å². The maximum Gasteiger partial charge on any atom is 0.269 e. The first-order chi connectivity index (χ1) is 13.7. The van der Waals surface area contributed by atoms with E-state index in [-0.39, 0.29) is 11.3 Å². The molecular weight excluding hydrogens is 348 g/mol. The van der Waals surface area contributed by atoms with Crippen LogP contribution in [0.1, 0.15) is 16.7 Å². The number of nitrogens with zero attached hydrogens (tertiary/aromatic N) is 2. The molecule has 0 bridgehead atoms. The minimum absolute atomic E-state index is 0.111. The number of hydrogen-bond donors (Lipinski definition) is 0. The molecule has 0 spiro atoms.